The number of aromatic nitrogens is 4. The number of H-pyrrole nitrogens is 1. The number of rotatable bonds is 3. The van der Waals surface area contributed by atoms with E-state index >= 15 is 0 Å². The number of carbonyl (C=O) groups is 1. The summed E-state index contributed by atoms with van der Waals surface area (Å²) >= 11 is 5.95. The third-order valence-corrected chi connectivity index (χ3v) is 2.66. The van der Waals surface area contributed by atoms with Gasteiger partial charge in [0.1, 0.15) is 0 Å². The molecule has 1 aromatic heterocycles. The van der Waals surface area contributed by atoms with Crippen molar-refractivity contribution in [3.8, 4) is 0 Å². The van der Waals surface area contributed by atoms with Crippen molar-refractivity contribution in [3.05, 3.63) is 34.6 Å². The maximum Gasteiger partial charge on any atom is 0.232 e. The average Bonchev–Trinajstić information content (AvgIpc) is 2.77. The van der Waals surface area contributed by atoms with Gasteiger partial charge < -0.3 is 5.32 Å². The first-order valence-corrected chi connectivity index (χ1v) is 5.32. The van der Waals surface area contributed by atoms with Crippen LogP contribution in [0.1, 0.15) is 11.4 Å². The zero-order valence-electron chi connectivity index (χ0n) is 9.07. The standard InChI is InChI=1S/C10H10ClN5O/c1-6-7(11)3-2-4-8(6)12-10(17)5-9-13-15-16-14-9/h2-4H,5H2,1H3,(H,12,17)(H,13,14,15,16). The second kappa shape index (κ2) is 4.92. The van der Waals surface area contributed by atoms with Gasteiger partial charge >= 0.3 is 0 Å². The Morgan fingerprint density at radius 2 is 2.35 bits per heavy atom. The summed E-state index contributed by atoms with van der Waals surface area (Å²) in [6.07, 6.45) is 0.0719. The van der Waals surface area contributed by atoms with E-state index in [0.29, 0.717) is 16.5 Å². The van der Waals surface area contributed by atoms with Crippen LogP contribution in [0.2, 0.25) is 5.02 Å². The Kier molecular flexibility index (Phi) is 3.34. The number of carbonyl (C=O) groups excluding carboxylic acids is 1. The van der Waals surface area contributed by atoms with Crippen LogP contribution in [0.4, 0.5) is 5.69 Å². The summed E-state index contributed by atoms with van der Waals surface area (Å²) in [6, 6.07) is 5.33. The molecule has 88 valence electrons. The molecule has 0 aliphatic carbocycles. The summed E-state index contributed by atoms with van der Waals surface area (Å²) in [5.74, 6) is 0.138. The first-order valence-electron chi connectivity index (χ1n) is 4.94. The molecule has 0 saturated carbocycles. The molecule has 1 amide bonds. The highest BCUT2D eigenvalue weighted by atomic mass is 35.5. The van der Waals surface area contributed by atoms with Crippen molar-refractivity contribution in [1.82, 2.24) is 20.6 Å². The zero-order valence-corrected chi connectivity index (χ0v) is 9.82. The Labute approximate surface area is 102 Å². The second-order valence-electron chi connectivity index (χ2n) is 3.47. The molecule has 0 unspecified atom stereocenters. The number of nitrogens with one attached hydrogen (secondary N) is 2. The van der Waals surface area contributed by atoms with E-state index in [9.17, 15) is 4.79 Å². The summed E-state index contributed by atoms with van der Waals surface area (Å²) in [7, 11) is 0. The Balaban J connectivity index is 2.06. The lowest BCUT2D eigenvalue weighted by Gasteiger charge is -2.08. The quantitative estimate of drug-likeness (QED) is 0.862. The first-order chi connectivity index (χ1) is 8.16. The van der Waals surface area contributed by atoms with E-state index in [1.807, 2.05) is 6.92 Å². The van der Waals surface area contributed by atoms with Gasteiger partial charge in [-0.2, -0.15) is 5.21 Å². The van der Waals surface area contributed by atoms with Crippen molar-refractivity contribution in [2.24, 2.45) is 0 Å². The lowest BCUT2D eigenvalue weighted by atomic mass is 10.2. The van der Waals surface area contributed by atoms with E-state index in [2.05, 4.69) is 25.9 Å². The minimum Gasteiger partial charge on any atom is -0.325 e. The molecule has 1 aromatic carbocycles. The number of anilines is 1. The van der Waals surface area contributed by atoms with E-state index in [4.69, 9.17) is 11.6 Å². The molecule has 6 nitrogen and oxygen atoms in total. The number of hydrogen-bond acceptors (Lipinski definition) is 4. The summed E-state index contributed by atoms with van der Waals surface area (Å²) in [4.78, 5) is 11.7. The molecule has 0 fully saturated rings. The number of aromatic amines is 1. The summed E-state index contributed by atoms with van der Waals surface area (Å²) < 4.78 is 0. The van der Waals surface area contributed by atoms with Crippen LogP contribution in [-0.4, -0.2) is 26.5 Å². The molecule has 2 aromatic rings. The molecule has 17 heavy (non-hydrogen) atoms. The maximum atomic E-state index is 11.7. The summed E-state index contributed by atoms with van der Waals surface area (Å²) in [5.41, 5.74) is 1.52. The lowest BCUT2D eigenvalue weighted by Crippen LogP contribution is -2.16. The molecule has 2 rings (SSSR count). The van der Waals surface area contributed by atoms with Gasteiger partial charge in [-0.25, -0.2) is 0 Å². The third kappa shape index (κ3) is 2.79. The molecule has 7 heteroatoms. The molecular weight excluding hydrogens is 242 g/mol. The molecule has 0 bridgehead atoms. The van der Waals surface area contributed by atoms with Crippen molar-refractivity contribution in [3.63, 3.8) is 0 Å². The molecule has 2 N–H and O–H groups in total. The third-order valence-electron chi connectivity index (χ3n) is 2.25. The van der Waals surface area contributed by atoms with Gasteiger partial charge in [0.05, 0.1) is 6.42 Å². The molecule has 0 atom stereocenters. The van der Waals surface area contributed by atoms with Gasteiger partial charge in [-0.3, -0.25) is 4.79 Å². The van der Waals surface area contributed by atoms with Gasteiger partial charge in [-0.05, 0) is 24.6 Å². The molecular formula is C10H10ClN5O. The predicted octanol–water partition coefficient (Wildman–Crippen LogP) is 1.34. The van der Waals surface area contributed by atoms with Crippen LogP contribution in [0.5, 0.6) is 0 Å². The largest absolute Gasteiger partial charge is 0.325 e. The first kappa shape index (κ1) is 11.5. The summed E-state index contributed by atoms with van der Waals surface area (Å²) in [5, 5.41) is 16.4. The highest BCUT2D eigenvalue weighted by Crippen LogP contribution is 2.22. The number of benzene rings is 1. The van der Waals surface area contributed by atoms with Crippen LogP contribution in [-0.2, 0) is 11.2 Å². The minimum absolute atomic E-state index is 0.0719. The van der Waals surface area contributed by atoms with Gasteiger partial charge in [0, 0.05) is 10.7 Å². The fourth-order valence-corrected chi connectivity index (χ4v) is 1.51. The summed E-state index contributed by atoms with van der Waals surface area (Å²) in [6.45, 7) is 1.84. The SMILES string of the molecule is Cc1c(Cl)cccc1NC(=O)Cc1nn[nH]n1. The van der Waals surface area contributed by atoms with Crippen molar-refractivity contribution >= 4 is 23.2 Å². The van der Waals surface area contributed by atoms with Gasteiger partial charge in [-0.15, -0.1) is 10.2 Å². The fourth-order valence-electron chi connectivity index (χ4n) is 1.34. The zero-order chi connectivity index (χ0) is 12.3. The van der Waals surface area contributed by atoms with E-state index in [-0.39, 0.29) is 12.3 Å². The van der Waals surface area contributed by atoms with Gasteiger partial charge in [0.15, 0.2) is 5.82 Å². The minimum atomic E-state index is -0.211. The molecule has 0 aliphatic rings. The molecule has 1 heterocycles. The lowest BCUT2D eigenvalue weighted by molar-refractivity contribution is -0.115. The number of halogens is 1. The van der Waals surface area contributed by atoms with Crippen molar-refractivity contribution < 1.29 is 4.79 Å². The van der Waals surface area contributed by atoms with Crippen molar-refractivity contribution in [2.75, 3.05) is 5.32 Å². The van der Waals surface area contributed by atoms with Crippen molar-refractivity contribution in [2.45, 2.75) is 13.3 Å². The van der Waals surface area contributed by atoms with Crippen LogP contribution in [0.3, 0.4) is 0 Å². The fraction of sp³-hybridized carbons (Fsp3) is 0.200. The smallest absolute Gasteiger partial charge is 0.232 e. The molecule has 0 aliphatic heterocycles. The maximum absolute atomic E-state index is 11.7. The predicted molar refractivity (Wildman–Crippen MR) is 62.7 cm³/mol. The number of nitrogens with zero attached hydrogens (tertiary/aromatic N) is 3. The van der Waals surface area contributed by atoms with E-state index in [1.165, 1.54) is 0 Å². The molecule has 0 saturated heterocycles. The van der Waals surface area contributed by atoms with Crippen LogP contribution in [0, 0.1) is 6.92 Å². The highest BCUT2D eigenvalue weighted by Gasteiger charge is 2.09. The van der Waals surface area contributed by atoms with E-state index < -0.39 is 0 Å². The highest BCUT2D eigenvalue weighted by molar-refractivity contribution is 6.31. The number of tetrazole rings is 1. The van der Waals surface area contributed by atoms with Crippen LogP contribution >= 0.6 is 11.6 Å². The topological polar surface area (TPSA) is 83.6 Å². The van der Waals surface area contributed by atoms with Crippen LogP contribution in [0.25, 0.3) is 0 Å². The Hall–Kier alpha value is -1.95. The molecule has 0 radical (unpaired) electrons. The van der Waals surface area contributed by atoms with E-state index in [0.717, 1.165) is 5.56 Å². The van der Waals surface area contributed by atoms with Gasteiger partial charge in [0.2, 0.25) is 5.91 Å². The number of amides is 1. The van der Waals surface area contributed by atoms with Gasteiger partial charge in [-0.1, -0.05) is 22.9 Å². The van der Waals surface area contributed by atoms with Crippen LogP contribution < -0.4 is 5.32 Å². The van der Waals surface area contributed by atoms with Crippen molar-refractivity contribution in [1.29, 1.82) is 0 Å². The number of hydrogen-bond donors (Lipinski definition) is 2. The van der Waals surface area contributed by atoms with E-state index in [1.54, 1.807) is 18.2 Å². The van der Waals surface area contributed by atoms with Gasteiger partial charge in [0.25, 0.3) is 0 Å². The Morgan fingerprint density at radius 1 is 1.53 bits per heavy atom. The Morgan fingerprint density at radius 3 is 3.06 bits per heavy atom. The van der Waals surface area contributed by atoms with Crippen LogP contribution in [0.15, 0.2) is 18.2 Å². The normalized spacial score (nSPS) is 10.2. The molecule has 0 spiro atoms. The second-order valence-corrected chi connectivity index (χ2v) is 3.87. The Bertz CT molecular complexity index is 525. The average molecular weight is 252 g/mol. The monoisotopic (exact) mass is 251 g/mol.